The SMILES string of the molecule is CCNC(CCC(F)(F)F)c1cc(C)ccc1F. The van der Waals surface area contributed by atoms with Crippen molar-refractivity contribution in [1.29, 1.82) is 0 Å². The van der Waals surface area contributed by atoms with E-state index in [4.69, 9.17) is 0 Å². The summed E-state index contributed by atoms with van der Waals surface area (Å²) in [6.07, 6.45) is -5.29. The zero-order valence-corrected chi connectivity index (χ0v) is 10.4. The first-order valence-electron chi connectivity index (χ1n) is 5.89. The van der Waals surface area contributed by atoms with Crippen molar-refractivity contribution >= 4 is 0 Å². The molecule has 102 valence electrons. The summed E-state index contributed by atoms with van der Waals surface area (Å²) in [6, 6.07) is 3.89. The Morgan fingerprint density at radius 1 is 1.28 bits per heavy atom. The van der Waals surface area contributed by atoms with Gasteiger partial charge in [0.1, 0.15) is 5.82 Å². The molecule has 0 aliphatic rings. The van der Waals surface area contributed by atoms with Crippen LogP contribution in [0.3, 0.4) is 0 Å². The van der Waals surface area contributed by atoms with Crippen LogP contribution in [0.2, 0.25) is 0 Å². The first kappa shape index (κ1) is 15.0. The molecule has 0 heterocycles. The standard InChI is InChI=1S/C13H17F4N/c1-3-18-12(6-7-13(15,16)17)10-8-9(2)4-5-11(10)14/h4-5,8,12,18H,3,6-7H2,1-2H3. The summed E-state index contributed by atoms with van der Waals surface area (Å²) in [5.41, 5.74) is 1.14. The van der Waals surface area contributed by atoms with E-state index < -0.39 is 24.5 Å². The van der Waals surface area contributed by atoms with Crippen molar-refractivity contribution < 1.29 is 17.6 Å². The van der Waals surface area contributed by atoms with E-state index in [2.05, 4.69) is 5.32 Å². The van der Waals surface area contributed by atoms with Crippen molar-refractivity contribution in [2.24, 2.45) is 0 Å². The molecule has 0 aromatic heterocycles. The smallest absolute Gasteiger partial charge is 0.310 e. The maximum atomic E-state index is 13.6. The summed E-state index contributed by atoms with van der Waals surface area (Å²) < 4.78 is 50.3. The largest absolute Gasteiger partial charge is 0.389 e. The maximum absolute atomic E-state index is 13.6. The lowest BCUT2D eigenvalue weighted by molar-refractivity contribution is -0.136. The van der Waals surface area contributed by atoms with Crippen molar-refractivity contribution in [2.75, 3.05) is 6.54 Å². The van der Waals surface area contributed by atoms with Crippen LogP contribution in [0.1, 0.15) is 36.9 Å². The summed E-state index contributed by atoms with van der Waals surface area (Å²) in [7, 11) is 0. The highest BCUT2D eigenvalue weighted by Gasteiger charge is 2.29. The second kappa shape index (κ2) is 6.18. The van der Waals surface area contributed by atoms with Crippen LogP contribution in [0, 0.1) is 12.7 Å². The molecule has 1 aromatic carbocycles. The van der Waals surface area contributed by atoms with E-state index in [0.717, 1.165) is 5.56 Å². The lowest BCUT2D eigenvalue weighted by Crippen LogP contribution is -2.24. The van der Waals surface area contributed by atoms with Gasteiger partial charge < -0.3 is 5.32 Å². The van der Waals surface area contributed by atoms with Crippen LogP contribution in [0.4, 0.5) is 17.6 Å². The Labute approximate surface area is 104 Å². The van der Waals surface area contributed by atoms with E-state index in [0.29, 0.717) is 12.1 Å². The predicted octanol–water partition coefficient (Wildman–Crippen LogP) is 4.13. The molecule has 0 saturated heterocycles. The van der Waals surface area contributed by atoms with E-state index in [1.807, 2.05) is 0 Å². The molecule has 1 rings (SSSR count). The molecule has 1 unspecified atom stereocenters. The molecule has 0 amide bonds. The highest BCUT2D eigenvalue weighted by Crippen LogP contribution is 2.29. The molecule has 18 heavy (non-hydrogen) atoms. The molecule has 1 atom stereocenters. The van der Waals surface area contributed by atoms with Crippen molar-refractivity contribution in [3.63, 3.8) is 0 Å². The number of hydrogen-bond acceptors (Lipinski definition) is 1. The van der Waals surface area contributed by atoms with Crippen LogP contribution in [-0.4, -0.2) is 12.7 Å². The maximum Gasteiger partial charge on any atom is 0.389 e. The van der Waals surface area contributed by atoms with Crippen LogP contribution in [-0.2, 0) is 0 Å². The number of halogens is 4. The van der Waals surface area contributed by atoms with Gasteiger partial charge in [0, 0.05) is 18.0 Å². The molecule has 0 spiro atoms. The summed E-state index contributed by atoms with van der Waals surface area (Å²) in [6.45, 7) is 4.07. The highest BCUT2D eigenvalue weighted by atomic mass is 19.4. The van der Waals surface area contributed by atoms with Gasteiger partial charge in [0.2, 0.25) is 0 Å². The number of hydrogen-bond donors (Lipinski definition) is 1. The normalized spacial score (nSPS) is 13.7. The Morgan fingerprint density at radius 3 is 2.50 bits per heavy atom. The van der Waals surface area contributed by atoms with Gasteiger partial charge in [-0.2, -0.15) is 13.2 Å². The molecular weight excluding hydrogens is 246 g/mol. The van der Waals surface area contributed by atoms with E-state index >= 15 is 0 Å². The van der Waals surface area contributed by atoms with E-state index in [-0.39, 0.29) is 6.42 Å². The molecule has 1 aromatic rings. The molecular formula is C13H17F4N. The summed E-state index contributed by atoms with van der Waals surface area (Å²) >= 11 is 0. The van der Waals surface area contributed by atoms with Crippen molar-refractivity contribution in [3.05, 3.63) is 35.1 Å². The summed E-state index contributed by atoms with van der Waals surface area (Å²) in [4.78, 5) is 0. The van der Waals surface area contributed by atoms with Gasteiger partial charge in [-0.05, 0) is 26.0 Å². The molecule has 0 saturated carbocycles. The Bertz CT molecular complexity index is 387. The minimum atomic E-state index is -4.21. The number of rotatable bonds is 5. The van der Waals surface area contributed by atoms with Crippen molar-refractivity contribution in [2.45, 2.75) is 38.9 Å². The van der Waals surface area contributed by atoms with Crippen LogP contribution in [0.25, 0.3) is 0 Å². The zero-order valence-electron chi connectivity index (χ0n) is 10.4. The first-order valence-corrected chi connectivity index (χ1v) is 5.89. The van der Waals surface area contributed by atoms with E-state index in [9.17, 15) is 17.6 Å². The monoisotopic (exact) mass is 263 g/mol. The summed E-state index contributed by atoms with van der Waals surface area (Å²) in [5, 5.41) is 2.90. The quantitative estimate of drug-likeness (QED) is 0.788. The molecule has 0 fully saturated rings. The zero-order chi connectivity index (χ0) is 13.8. The number of alkyl halides is 3. The topological polar surface area (TPSA) is 12.0 Å². The Hall–Kier alpha value is -1.10. The molecule has 0 aliphatic carbocycles. The third kappa shape index (κ3) is 4.64. The van der Waals surface area contributed by atoms with Crippen molar-refractivity contribution in [1.82, 2.24) is 5.32 Å². The second-order valence-electron chi connectivity index (χ2n) is 4.29. The van der Waals surface area contributed by atoms with Gasteiger partial charge in [0.25, 0.3) is 0 Å². The lowest BCUT2D eigenvalue weighted by atomic mass is 9.99. The van der Waals surface area contributed by atoms with Crippen LogP contribution >= 0.6 is 0 Å². The average Bonchev–Trinajstić information content (AvgIpc) is 2.26. The molecule has 0 radical (unpaired) electrons. The molecule has 0 aliphatic heterocycles. The number of nitrogens with one attached hydrogen (secondary N) is 1. The number of benzene rings is 1. The minimum absolute atomic E-state index is 0.155. The van der Waals surface area contributed by atoms with Gasteiger partial charge in [0.05, 0.1) is 0 Å². The van der Waals surface area contributed by atoms with Gasteiger partial charge >= 0.3 is 6.18 Å². The molecule has 0 bridgehead atoms. The fraction of sp³-hybridized carbons (Fsp3) is 0.538. The second-order valence-corrected chi connectivity index (χ2v) is 4.29. The van der Waals surface area contributed by atoms with Gasteiger partial charge in [-0.15, -0.1) is 0 Å². The molecule has 1 nitrogen and oxygen atoms in total. The fourth-order valence-corrected chi connectivity index (χ4v) is 1.85. The Balaban J connectivity index is 2.86. The van der Waals surface area contributed by atoms with Crippen LogP contribution < -0.4 is 5.32 Å². The molecule has 5 heteroatoms. The third-order valence-corrected chi connectivity index (χ3v) is 2.69. The average molecular weight is 263 g/mol. The number of aryl methyl sites for hydroxylation is 1. The van der Waals surface area contributed by atoms with Gasteiger partial charge in [0.15, 0.2) is 0 Å². The van der Waals surface area contributed by atoms with Gasteiger partial charge in [-0.3, -0.25) is 0 Å². The highest BCUT2D eigenvalue weighted by molar-refractivity contribution is 5.26. The van der Waals surface area contributed by atoms with Crippen LogP contribution in [0.15, 0.2) is 18.2 Å². The van der Waals surface area contributed by atoms with Gasteiger partial charge in [-0.25, -0.2) is 4.39 Å². The van der Waals surface area contributed by atoms with E-state index in [1.165, 1.54) is 6.07 Å². The van der Waals surface area contributed by atoms with Crippen LogP contribution in [0.5, 0.6) is 0 Å². The van der Waals surface area contributed by atoms with Crippen molar-refractivity contribution in [3.8, 4) is 0 Å². The third-order valence-electron chi connectivity index (χ3n) is 2.69. The first-order chi connectivity index (χ1) is 8.33. The Morgan fingerprint density at radius 2 is 1.94 bits per heavy atom. The van der Waals surface area contributed by atoms with E-state index in [1.54, 1.807) is 26.0 Å². The Kier molecular flexibility index (Phi) is 5.14. The fourth-order valence-electron chi connectivity index (χ4n) is 1.85. The predicted molar refractivity (Wildman–Crippen MR) is 62.8 cm³/mol. The van der Waals surface area contributed by atoms with Gasteiger partial charge in [-0.1, -0.05) is 24.6 Å². The summed E-state index contributed by atoms with van der Waals surface area (Å²) in [5.74, 6) is -0.464. The molecule has 1 N–H and O–H groups in total. The lowest BCUT2D eigenvalue weighted by Gasteiger charge is -2.20. The minimum Gasteiger partial charge on any atom is -0.310 e.